The Morgan fingerprint density at radius 3 is 2.40 bits per heavy atom. The van der Waals surface area contributed by atoms with Gasteiger partial charge in [-0.1, -0.05) is 30.5 Å². The van der Waals surface area contributed by atoms with Crippen molar-refractivity contribution in [3.63, 3.8) is 0 Å². The Bertz CT molecular complexity index is 655. The highest BCUT2D eigenvalue weighted by molar-refractivity contribution is 6.07. The Morgan fingerprint density at radius 2 is 1.76 bits per heavy atom. The molecule has 0 aromatic heterocycles. The third-order valence-electron chi connectivity index (χ3n) is 5.58. The fourth-order valence-electron chi connectivity index (χ4n) is 4.26. The normalized spacial score (nSPS) is 19.1. The van der Waals surface area contributed by atoms with Gasteiger partial charge < -0.3 is 10.6 Å². The Balaban J connectivity index is 1.46. The molecule has 1 heterocycles. The molecule has 1 aromatic carbocycles. The van der Waals surface area contributed by atoms with Gasteiger partial charge in [-0.3, -0.25) is 9.69 Å². The molecular formula is C20H29N3O2. The maximum Gasteiger partial charge on any atom is 0.325 e. The van der Waals surface area contributed by atoms with E-state index in [1.165, 1.54) is 27.2 Å². The molecule has 136 valence electrons. The van der Waals surface area contributed by atoms with Gasteiger partial charge >= 0.3 is 6.03 Å². The topological polar surface area (TPSA) is 61.4 Å². The molecule has 1 spiro atoms. The summed E-state index contributed by atoms with van der Waals surface area (Å²) < 4.78 is 0. The monoisotopic (exact) mass is 343 g/mol. The van der Waals surface area contributed by atoms with Gasteiger partial charge in [0.1, 0.15) is 5.54 Å². The van der Waals surface area contributed by atoms with E-state index in [2.05, 4.69) is 43.5 Å². The minimum Gasteiger partial charge on any atom is -0.323 e. The van der Waals surface area contributed by atoms with E-state index in [0.29, 0.717) is 6.54 Å². The highest BCUT2D eigenvalue weighted by Crippen LogP contribution is 2.34. The fraction of sp³-hybridized carbons (Fsp3) is 0.600. The van der Waals surface area contributed by atoms with Crippen molar-refractivity contribution in [1.29, 1.82) is 0 Å². The summed E-state index contributed by atoms with van der Waals surface area (Å²) in [4.78, 5) is 26.1. The van der Waals surface area contributed by atoms with E-state index in [9.17, 15) is 9.59 Å². The second-order valence-corrected chi connectivity index (χ2v) is 7.58. The summed E-state index contributed by atoms with van der Waals surface area (Å²) in [5, 5.41) is 6.38. The average Bonchev–Trinajstić information content (AvgIpc) is 3.09. The van der Waals surface area contributed by atoms with Crippen LogP contribution in [0.1, 0.15) is 54.4 Å². The van der Waals surface area contributed by atoms with Crippen molar-refractivity contribution in [2.45, 2.75) is 65.0 Å². The number of aryl methyl sites for hydroxylation is 3. The predicted octanol–water partition coefficient (Wildman–Crippen LogP) is 2.96. The van der Waals surface area contributed by atoms with Gasteiger partial charge in [0.2, 0.25) is 0 Å². The summed E-state index contributed by atoms with van der Waals surface area (Å²) in [5.41, 5.74) is 4.66. The van der Waals surface area contributed by atoms with Crippen molar-refractivity contribution in [3.05, 3.63) is 34.4 Å². The molecule has 3 rings (SSSR count). The number of urea groups is 1. The number of hydrogen-bond acceptors (Lipinski definition) is 3. The number of carbonyl (C=O) groups is 2. The first kappa shape index (κ1) is 17.9. The molecule has 0 bridgehead atoms. The number of imide groups is 1. The number of nitrogens with one attached hydrogen (secondary N) is 2. The lowest BCUT2D eigenvalue weighted by Gasteiger charge is -2.20. The van der Waals surface area contributed by atoms with Gasteiger partial charge in [-0.25, -0.2) is 4.79 Å². The number of nitrogens with zero attached hydrogens (tertiary/aromatic N) is 1. The van der Waals surface area contributed by atoms with E-state index in [0.717, 1.165) is 45.2 Å². The molecule has 1 aliphatic heterocycles. The van der Waals surface area contributed by atoms with E-state index in [1.54, 1.807) is 0 Å². The average molecular weight is 343 g/mol. The summed E-state index contributed by atoms with van der Waals surface area (Å²) in [5.74, 6) is -0.0137. The van der Waals surface area contributed by atoms with Gasteiger partial charge in [0.05, 0.1) is 0 Å². The van der Waals surface area contributed by atoms with Crippen molar-refractivity contribution in [3.8, 4) is 0 Å². The standard InChI is InChI=1S/C20H29N3O2/c1-14-11-15(2)17(16(3)12-14)13-21-9-6-10-23-18(24)20(22-19(23)25)7-4-5-8-20/h11-12,21H,4-10,13H2,1-3H3,(H,22,25). The third kappa shape index (κ3) is 3.56. The van der Waals surface area contributed by atoms with E-state index in [4.69, 9.17) is 0 Å². The first-order valence-electron chi connectivity index (χ1n) is 9.34. The lowest BCUT2D eigenvalue weighted by Crippen LogP contribution is -2.44. The molecule has 5 heteroatoms. The smallest absolute Gasteiger partial charge is 0.323 e. The molecule has 0 unspecified atom stereocenters. The molecular weight excluding hydrogens is 314 g/mol. The molecule has 2 aliphatic rings. The second kappa shape index (κ2) is 7.16. The summed E-state index contributed by atoms with van der Waals surface area (Å²) in [7, 11) is 0. The number of amides is 3. The number of carbonyl (C=O) groups excluding carboxylic acids is 2. The highest BCUT2D eigenvalue weighted by Gasteiger charge is 2.51. The van der Waals surface area contributed by atoms with Crippen LogP contribution in [0.2, 0.25) is 0 Å². The molecule has 1 aromatic rings. The summed E-state index contributed by atoms with van der Waals surface area (Å²) in [6, 6.07) is 4.20. The SMILES string of the molecule is Cc1cc(C)c(CNCCCN2C(=O)NC3(CCCC3)C2=O)c(C)c1. The second-order valence-electron chi connectivity index (χ2n) is 7.58. The van der Waals surface area contributed by atoms with E-state index < -0.39 is 5.54 Å². The van der Waals surface area contributed by atoms with Crippen molar-refractivity contribution >= 4 is 11.9 Å². The minimum atomic E-state index is -0.583. The zero-order valence-electron chi connectivity index (χ0n) is 15.6. The van der Waals surface area contributed by atoms with Gasteiger partial charge in [-0.15, -0.1) is 0 Å². The zero-order chi connectivity index (χ0) is 18.0. The predicted molar refractivity (Wildman–Crippen MR) is 98.4 cm³/mol. The number of benzene rings is 1. The third-order valence-corrected chi connectivity index (χ3v) is 5.58. The highest BCUT2D eigenvalue weighted by atomic mass is 16.2. The van der Waals surface area contributed by atoms with Crippen LogP contribution in [0.3, 0.4) is 0 Å². The molecule has 1 aliphatic carbocycles. The molecule has 5 nitrogen and oxygen atoms in total. The summed E-state index contributed by atoms with van der Waals surface area (Å²) in [6.45, 7) is 8.51. The Hall–Kier alpha value is -1.88. The molecule has 1 saturated carbocycles. The maximum atomic E-state index is 12.6. The van der Waals surface area contributed by atoms with Gasteiger partial charge in [-0.05, 0) is 63.3 Å². The zero-order valence-corrected chi connectivity index (χ0v) is 15.6. The molecule has 1 saturated heterocycles. The van der Waals surface area contributed by atoms with Crippen LogP contribution < -0.4 is 10.6 Å². The van der Waals surface area contributed by atoms with Crippen LogP contribution in [0.4, 0.5) is 4.79 Å². The van der Waals surface area contributed by atoms with Crippen molar-refractivity contribution in [2.75, 3.05) is 13.1 Å². The Labute approximate surface area is 150 Å². The molecule has 25 heavy (non-hydrogen) atoms. The quantitative estimate of drug-likeness (QED) is 0.617. The van der Waals surface area contributed by atoms with Gasteiger partial charge in [0.15, 0.2) is 0 Å². The van der Waals surface area contributed by atoms with Crippen LogP contribution >= 0.6 is 0 Å². The molecule has 0 radical (unpaired) electrons. The fourth-order valence-corrected chi connectivity index (χ4v) is 4.26. The van der Waals surface area contributed by atoms with Crippen molar-refractivity contribution in [1.82, 2.24) is 15.5 Å². The summed E-state index contributed by atoms with van der Waals surface area (Å²) >= 11 is 0. The molecule has 2 fully saturated rings. The van der Waals surface area contributed by atoms with Crippen molar-refractivity contribution < 1.29 is 9.59 Å². The van der Waals surface area contributed by atoms with Crippen LogP contribution in [-0.2, 0) is 11.3 Å². The molecule has 0 atom stereocenters. The number of hydrogen-bond donors (Lipinski definition) is 2. The van der Waals surface area contributed by atoms with Crippen molar-refractivity contribution in [2.24, 2.45) is 0 Å². The minimum absolute atomic E-state index is 0.0137. The lowest BCUT2D eigenvalue weighted by atomic mass is 9.98. The van der Waals surface area contributed by atoms with Gasteiger partial charge in [0.25, 0.3) is 5.91 Å². The van der Waals surface area contributed by atoms with Crippen LogP contribution in [0.5, 0.6) is 0 Å². The number of rotatable bonds is 6. The first-order valence-corrected chi connectivity index (χ1v) is 9.34. The summed E-state index contributed by atoms with van der Waals surface area (Å²) in [6.07, 6.45) is 4.41. The maximum absolute atomic E-state index is 12.6. The molecule has 3 amide bonds. The van der Waals surface area contributed by atoms with E-state index in [1.807, 2.05) is 0 Å². The van der Waals surface area contributed by atoms with E-state index in [-0.39, 0.29) is 11.9 Å². The largest absolute Gasteiger partial charge is 0.325 e. The Kier molecular flexibility index (Phi) is 5.13. The van der Waals surface area contributed by atoms with Crippen LogP contribution in [0, 0.1) is 20.8 Å². The van der Waals surface area contributed by atoms with Crippen LogP contribution in [0.25, 0.3) is 0 Å². The van der Waals surface area contributed by atoms with Gasteiger partial charge in [-0.2, -0.15) is 0 Å². The lowest BCUT2D eigenvalue weighted by molar-refractivity contribution is -0.131. The Morgan fingerprint density at radius 1 is 1.12 bits per heavy atom. The first-order chi connectivity index (χ1) is 11.9. The van der Waals surface area contributed by atoms with Crippen LogP contribution in [0.15, 0.2) is 12.1 Å². The van der Waals surface area contributed by atoms with E-state index >= 15 is 0 Å². The van der Waals surface area contributed by atoms with Gasteiger partial charge in [0, 0.05) is 13.1 Å². The van der Waals surface area contributed by atoms with Crippen LogP contribution in [-0.4, -0.2) is 35.5 Å². The molecule has 2 N–H and O–H groups in total.